The molecule has 122 valence electrons. The molecule has 0 amide bonds. The summed E-state index contributed by atoms with van der Waals surface area (Å²) in [5, 5.41) is 40.3. The lowest BCUT2D eigenvalue weighted by atomic mass is 9.77. The number of benzene rings is 1. The Morgan fingerprint density at radius 3 is 1.72 bits per heavy atom. The van der Waals surface area contributed by atoms with E-state index >= 15 is 0 Å². The Morgan fingerprint density at radius 1 is 0.680 bits per heavy atom. The molecule has 0 unspecified atom stereocenters. The molecule has 2 aliphatic carbocycles. The second-order valence-electron chi connectivity index (χ2n) is 6.40. The van der Waals surface area contributed by atoms with Crippen LogP contribution in [-0.4, -0.2) is 0 Å². The van der Waals surface area contributed by atoms with Crippen molar-refractivity contribution >= 4 is 5.69 Å². The summed E-state index contributed by atoms with van der Waals surface area (Å²) in [6.07, 6.45) is 8.10. The van der Waals surface area contributed by atoms with E-state index in [4.69, 9.17) is 10.5 Å². The van der Waals surface area contributed by atoms with Gasteiger partial charge in [0.25, 0.3) is 0 Å². The fourth-order valence-electron chi connectivity index (χ4n) is 4.00. The standard InChI is InChI=1S/C20H17N5/c21-9-13(10-22)19(12-24)25-20-17-8-4-3-6-15(17)14-5-1-2-7-16(14)18(20)11-23/h25H,1-8H2. The minimum atomic E-state index is -0.256. The summed E-state index contributed by atoms with van der Waals surface area (Å²) in [5.74, 6) is 0. The first-order valence-corrected chi connectivity index (χ1v) is 8.56. The third-order valence-corrected chi connectivity index (χ3v) is 5.10. The molecule has 1 aromatic carbocycles. The van der Waals surface area contributed by atoms with Crippen LogP contribution in [0.3, 0.4) is 0 Å². The van der Waals surface area contributed by atoms with Crippen LogP contribution in [0.4, 0.5) is 5.69 Å². The number of allylic oxidation sites excluding steroid dienone is 2. The summed E-state index contributed by atoms with van der Waals surface area (Å²) < 4.78 is 0. The van der Waals surface area contributed by atoms with Gasteiger partial charge in [-0.05, 0) is 73.6 Å². The summed E-state index contributed by atoms with van der Waals surface area (Å²) in [5.41, 5.74) is 5.70. The molecule has 0 saturated heterocycles. The van der Waals surface area contributed by atoms with E-state index in [0.29, 0.717) is 11.3 Å². The SMILES string of the molecule is N#CC(C#N)=C(C#N)Nc1c(C#N)c2c(c3c1CCCC3)CCCC2. The van der Waals surface area contributed by atoms with Gasteiger partial charge < -0.3 is 5.32 Å². The van der Waals surface area contributed by atoms with Gasteiger partial charge in [-0.15, -0.1) is 0 Å². The van der Waals surface area contributed by atoms with E-state index in [1.807, 2.05) is 6.07 Å². The number of nitrogens with one attached hydrogen (secondary N) is 1. The van der Waals surface area contributed by atoms with Crippen molar-refractivity contribution in [2.45, 2.75) is 51.4 Å². The maximum Gasteiger partial charge on any atom is 0.163 e. The highest BCUT2D eigenvalue weighted by molar-refractivity contribution is 5.74. The van der Waals surface area contributed by atoms with Crippen molar-refractivity contribution < 1.29 is 0 Å². The molecule has 0 spiro atoms. The van der Waals surface area contributed by atoms with Crippen LogP contribution in [0.2, 0.25) is 0 Å². The minimum Gasteiger partial charge on any atom is -0.344 e. The quantitative estimate of drug-likeness (QED) is 0.836. The van der Waals surface area contributed by atoms with E-state index in [1.165, 1.54) is 11.1 Å². The van der Waals surface area contributed by atoms with Gasteiger partial charge in [0.15, 0.2) is 5.57 Å². The summed E-state index contributed by atoms with van der Waals surface area (Å²) in [7, 11) is 0. The van der Waals surface area contributed by atoms with Crippen LogP contribution in [-0.2, 0) is 25.7 Å². The van der Waals surface area contributed by atoms with E-state index in [9.17, 15) is 10.5 Å². The van der Waals surface area contributed by atoms with Crippen LogP contribution in [0.15, 0.2) is 11.3 Å². The molecule has 3 rings (SSSR count). The molecule has 1 aromatic rings. The molecule has 0 radical (unpaired) electrons. The van der Waals surface area contributed by atoms with Gasteiger partial charge in [0.2, 0.25) is 0 Å². The van der Waals surface area contributed by atoms with Crippen molar-refractivity contribution in [1.29, 1.82) is 21.0 Å². The van der Waals surface area contributed by atoms with Gasteiger partial charge in [-0.25, -0.2) is 0 Å². The Balaban J connectivity index is 2.25. The number of hydrogen-bond donors (Lipinski definition) is 1. The maximum absolute atomic E-state index is 9.80. The normalized spacial score (nSPS) is 14.6. The van der Waals surface area contributed by atoms with Gasteiger partial charge in [-0.3, -0.25) is 0 Å². The Bertz CT molecular complexity index is 910. The number of nitrogens with zero attached hydrogens (tertiary/aromatic N) is 4. The number of hydrogen-bond acceptors (Lipinski definition) is 5. The highest BCUT2D eigenvalue weighted by atomic mass is 14.9. The van der Waals surface area contributed by atoms with Crippen LogP contribution in [0.25, 0.3) is 0 Å². The van der Waals surface area contributed by atoms with Crippen molar-refractivity contribution in [3.8, 4) is 24.3 Å². The van der Waals surface area contributed by atoms with Crippen LogP contribution in [0, 0.1) is 45.3 Å². The van der Waals surface area contributed by atoms with Gasteiger partial charge in [-0.1, -0.05) is 0 Å². The van der Waals surface area contributed by atoms with Crippen LogP contribution in [0.5, 0.6) is 0 Å². The van der Waals surface area contributed by atoms with Crippen molar-refractivity contribution in [3.63, 3.8) is 0 Å². The molecule has 1 N–H and O–H groups in total. The molecule has 0 atom stereocenters. The van der Waals surface area contributed by atoms with Gasteiger partial charge in [0.1, 0.15) is 30.0 Å². The average Bonchev–Trinajstić information content (AvgIpc) is 2.68. The smallest absolute Gasteiger partial charge is 0.163 e. The predicted molar refractivity (Wildman–Crippen MR) is 91.9 cm³/mol. The predicted octanol–water partition coefficient (Wildman–Crippen LogP) is 3.55. The lowest BCUT2D eigenvalue weighted by molar-refractivity contribution is 0.640. The van der Waals surface area contributed by atoms with Crippen molar-refractivity contribution in [3.05, 3.63) is 39.1 Å². The lowest BCUT2D eigenvalue weighted by Gasteiger charge is -2.29. The zero-order valence-electron chi connectivity index (χ0n) is 13.9. The minimum absolute atomic E-state index is 0.0787. The number of anilines is 1. The largest absolute Gasteiger partial charge is 0.344 e. The van der Waals surface area contributed by atoms with E-state index in [-0.39, 0.29) is 11.3 Å². The number of fused-ring (bicyclic) bond motifs is 3. The summed E-state index contributed by atoms with van der Waals surface area (Å²) in [6.45, 7) is 0. The Labute approximate surface area is 147 Å². The monoisotopic (exact) mass is 327 g/mol. The molecule has 0 fully saturated rings. The van der Waals surface area contributed by atoms with Crippen molar-refractivity contribution in [2.24, 2.45) is 0 Å². The number of rotatable bonds is 2. The van der Waals surface area contributed by atoms with Crippen molar-refractivity contribution in [2.75, 3.05) is 5.32 Å². The molecule has 0 heterocycles. The van der Waals surface area contributed by atoms with Crippen molar-refractivity contribution in [1.82, 2.24) is 0 Å². The first kappa shape index (κ1) is 16.6. The second-order valence-corrected chi connectivity index (χ2v) is 6.40. The fourth-order valence-corrected chi connectivity index (χ4v) is 4.00. The van der Waals surface area contributed by atoms with E-state index in [1.54, 1.807) is 12.1 Å². The Morgan fingerprint density at radius 2 is 1.20 bits per heavy atom. The van der Waals surface area contributed by atoms with Crippen LogP contribution < -0.4 is 5.32 Å². The molecule has 5 nitrogen and oxygen atoms in total. The van der Waals surface area contributed by atoms with Gasteiger partial charge in [0, 0.05) is 0 Å². The summed E-state index contributed by atoms with van der Waals surface area (Å²) in [6, 6.07) is 7.73. The zero-order chi connectivity index (χ0) is 17.8. The topological polar surface area (TPSA) is 107 Å². The third kappa shape index (κ3) is 2.82. The fraction of sp³-hybridized carbons (Fsp3) is 0.400. The summed E-state index contributed by atoms with van der Waals surface area (Å²) >= 11 is 0. The molecule has 0 aliphatic heterocycles. The van der Waals surface area contributed by atoms with Gasteiger partial charge in [0.05, 0.1) is 11.3 Å². The van der Waals surface area contributed by atoms with E-state index in [0.717, 1.165) is 62.5 Å². The Hall–Kier alpha value is -3.28. The van der Waals surface area contributed by atoms with Crippen LogP contribution in [0.1, 0.15) is 53.5 Å². The highest BCUT2D eigenvalue weighted by Gasteiger charge is 2.27. The van der Waals surface area contributed by atoms with Gasteiger partial charge >= 0.3 is 0 Å². The molecular formula is C20H17N5. The molecule has 2 aliphatic rings. The lowest BCUT2D eigenvalue weighted by Crippen LogP contribution is -2.18. The molecular weight excluding hydrogens is 310 g/mol. The second kappa shape index (κ2) is 7.09. The maximum atomic E-state index is 9.80. The van der Waals surface area contributed by atoms with E-state index in [2.05, 4.69) is 11.4 Å². The first-order chi connectivity index (χ1) is 12.2. The van der Waals surface area contributed by atoms with Crippen LogP contribution >= 0.6 is 0 Å². The average molecular weight is 327 g/mol. The molecule has 5 heteroatoms. The molecule has 0 aromatic heterocycles. The number of nitriles is 4. The zero-order valence-corrected chi connectivity index (χ0v) is 13.9. The summed E-state index contributed by atoms with van der Waals surface area (Å²) in [4.78, 5) is 0. The molecule has 25 heavy (non-hydrogen) atoms. The molecule has 0 saturated carbocycles. The third-order valence-electron chi connectivity index (χ3n) is 5.10. The first-order valence-electron chi connectivity index (χ1n) is 8.56. The van der Waals surface area contributed by atoms with Gasteiger partial charge in [-0.2, -0.15) is 21.0 Å². The molecule has 0 bridgehead atoms. The Kier molecular flexibility index (Phi) is 4.70. The highest BCUT2D eigenvalue weighted by Crippen LogP contribution is 2.40. The van der Waals surface area contributed by atoms with E-state index < -0.39 is 0 Å².